The first-order valence-electron chi connectivity index (χ1n) is 13.6. The lowest BCUT2D eigenvalue weighted by Crippen LogP contribution is -2.65. The van der Waals surface area contributed by atoms with E-state index in [2.05, 4.69) is 94.7 Å². The van der Waals surface area contributed by atoms with E-state index in [0.29, 0.717) is 43.1 Å². The standard InChI is InChI=1S/C29H42BrNO4Si/c1-19(2)36(20(3)4,21(5)6)35-15-22-14-25(29-32-16-27(7,17-33-29)18-34-29)28(12-13-31-26(22)28)23-10-8-9-11-24(23)30/h8-11,14,19-21,25H,12-13,15-18H2,1-7H3/t25-,27?,28-,29?/m0/s1. The summed E-state index contributed by atoms with van der Waals surface area (Å²) in [5, 5.41) is 0. The quantitative estimate of drug-likeness (QED) is 0.312. The molecule has 1 aromatic carbocycles. The first-order valence-corrected chi connectivity index (χ1v) is 16.5. The van der Waals surface area contributed by atoms with E-state index in [1.165, 1.54) is 11.1 Å². The van der Waals surface area contributed by atoms with Crippen LogP contribution in [-0.4, -0.2) is 53.0 Å². The van der Waals surface area contributed by atoms with Crippen LogP contribution in [-0.2, 0) is 24.1 Å². The van der Waals surface area contributed by atoms with Crippen molar-refractivity contribution in [3.63, 3.8) is 0 Å². The van der Waals surface area contributed by atoms with Crippen LogP contribution in [0.25, 0.3) is 0 Å². The number of hydrogen-bond acceptors (Lipinski definition) is 5. The summed E-state index contributed by atoms with van der Waals surface area (Å²) in [4.78, 5) is 5.14. The SMILES string of the molecule is CC(C)[Si](OCC1=C[C@H](C23OCC(C)(CO2)CO3)[C@@]2(c3ccccc3Br)CCN=C12)(C(C)C)C(C)C. The predicted octanol–water partition coefficient (Wildman–Crippen LogP) is 7.02. The van der Waals surface area contributed by atoms with Crippen molar-refractivity contribution in [3.8, 4) is 0 Å². The van der Waals surface area contributed by atoms with Crippen molar-refractivity contribution in [3.05, 3.63) is 46.0 Å². The highest BCUT2D eigenvalue weighted by Gasteiger charge is 2.65. The highest BCUT2D eigenvalue weighted by molar-refractivity contribution is 9.10. The molecule has 36 heavy (non-hydrogen) atoms. The number of fused-ring (bicyclic) bond motifs is 4. The second kappa shape index (κ2) is 9.42. The molecule has 0 saturated carbocycles. The Morgan fingerprint density at radius 1 is 1.00 bits per heavy atom. The Morgan fingerprint density at radius 3 is 2.14 bits per heavy atom. The Labute approximate surface area is 226 Å². The number of nitrogens with zero attached hydrogens (tertiary/aromatic N) is 1. The summed E-state index contributed by atoms with van der Waals surface area (Å²) in [5.74, 6) is -1.23. The third-order valence-electron chi connectivity index (χ3n) is 9.19. The molecule has 0 spiro atoms. The minimum absolute atomic E-state index is 0.0832. The molecule has 0 N–H and O–H groups in total. The summed E-state index contributed by atoms with van der Waals surface area (Å²) < 4.78 is 27.6. The van der Waals surface area contributed by atoms with Crippen LogP contribution in [0, 0.1) is 11.3 Å². The highest BCUT2D eigenvalue weighted by atomic mass is 79.9. The summed E-state index contributed by atoms with van der Waals surface area (Å²) in [7, 11) is -2.04. The molecule has 4 heterocycles. The monoisotopic (exact) mass is 575 g/mol. The largest absolute Gasteiger partial charge is 0.412 e. The Kier molecular flexibility index (Phi) is 7.00. The molecule has 0 aromatic heterocycles. The van der Waals surface area contributed by atoms with Gasteiger partial charge in [0.2, 0.25) is 8.32 Å². The van der Waals surface area contributed by atoms with Gasteiger partial charge >= 0.3 is 0 Å². The van der Waals surface area contributed by atoms with E-state index in [4.69, 9.17) is 23.6 Å². The maximum Gasteiger partial charge on any atom is 0.290 e. The predicted molar refractivity (Wildman–Crippen MR) is 150 cm³/mol. The minimum atomic E-state index is -2.04. The lowest BCUT2D eigenvalue weighted by Gasteiger charge is -2.55. The lowest BCUT2D eigenvalue weighted by molar-refractivity contribution is -0.482. The molecule has 2 atom stereocenters. The van der Waals surface area contributed by atoms with Gasteiger partial charge in [0.15, 0.2) is 0 Å². The average molecular weight is 577 g/mol. The fraction of sp³-hybridized carbons (Fsp3) is 0.690. The Bertz CT molecular complexity index is 1020. The summed E-state index contributed by atoms with van der Waals surface area (Å²) >= 11 is 3.87. The van der Waals surface area contributed by atoms with E-state index < -0.39 is 14.3 Å². The van der Waals surface area contributed by atoms with E-state index in [1.807, 2.05) is 0 Å². The number of rotatable bonds is 8. The van der Waals surface area contributed by atoms with Crippen molar-refractivity contribution in [2.24, 2.45) is 16.3 Å². The number of benzene rings is 1. The molecule has 6 rings (SSSR count). The van der Waals surface area contributed by atoms with Crippen LogP contribution in [0.3, 0.4) is 0 Å². The first-order chi connectivity index (χ1) is 17.0. The Morgan fingerprint density at radius 2 is 1.58 bits per heavy atom. The topological polar surface area (TPSA) is 49.3 Å². The minimum Gasteiger partial charge on any atom is -0.412 e. The van der Waals surface area contributed by atoms with Gasteiger partial charge in [-0.15, -0.1) is 0 Å². The zero-order chi connectivity index (χ0) is 25.9. The van der Waals surface area contributed by atoms with E-state index in [9.17, 15) is 0 Å². The lowest BCUT2D eigenvalue weighted by atomic mass is 9.67. The second-order valence-corrected chi connectivity index (χ2v) is 18.8. The summed E-state index contributed by atoms with van der Waals surface area (Å²) in [6.07, 6.45) is 3.22. The van der Waals surface area contributed by atoms with Gasteiger partial charge in [-0.05, 0) is 40.2 Å². The van der Waals surface area contributed by atoms with Crippen molar-refractivity contribution in [2.75, 3.05) is 33.0 Å². The molecule has 4 aliphatic heterocycles. The van der Waals surface area contributed by atoms with Crippen LogP contribution in [0.5, 0.6) is 0 Å². The van der Waals surface area contributed by atoms with Crippen LogP contribution in [0.2, 0.25) is 16.6 Å². The number of aliphatic imine (C=N–C) groups is 1. The van der Waals surface area contributed by atoms with Gasteiger partial charge in [0, 0.05) is 16.4 Å². The van der Waals surface area contributed by atoms with Gasteiger partial charge in [0.1, 0.15) is 0 Å². The van der Waals surface area contributed by atoms with E-state index in [-0.39, 0.29) is 16.7 Å². The van der Waals surface area contributed by atoms with Gasteiger partial charge in [-0.3, -0.25) is 4.99 Å². The van der Waals surface area contributed by atoms with Crippen molar-refractivity contribution < 1.29 is 18.6 Å². The van der Waals surface area contributed by atoms with Crippen LogP contribution < -0.4 is 0 Å². The van der Waals surface area contributed by atoms with Gasteiger partial charge < -0.3 is 18.6 Å². The molecule has 3 saturated heterocycles. The molecule has 0 unspecified atom stereocenters. The van der Waals surface area contributed by atoms with Gasteiger partial charge in [0.05, 0.1) is 43.5 Å². The van der Waals surface area contributed by atoms with Crippen LogP contribution in [0.15, 0.2) is 45.4 Å². The zero-order valence-electron chi connectivity index (χ0n) is 22.9. The molecule has 7 heteroatoms. The number of ether oxygens (including phenoxy) is 3. The third-order valence-corrected chi connectivity index (χ3v) is 15.9. The normalized spacial score (nSPS) is 34.0. The molecule has 3 fully saturated rings. The van der Waals surface area contributed by atoms with Crippen molar-refractivity contribution >= 4 is 30.0 Å². The summed E-state index contributed by atoms with van der Waals surface area (Å²) in [5.41, 5.74) is 4.65. The average Bonchev–Trinajstić information content (AvgIpc) is 3.39. The zero-order valence-corrected chi connectivity index (χ0v) is 25.5. The van der Waals surface area contributed by atoms with Gasteiger partial charge in [-0.1, -0.05) is 88.7 Å². The van der Waals surface area contributed by atoms with Crippen molar-refractivity contribution in [1.29, 1.82) is 0 Å². The molecular formula is C29H42BrNO4Si. The highest BCUT2D eigenvalue weighted by Crippen LogP contribution is 2.58. The number of hydrogen-bond donors (Lipinski definition) is 0. The summed E-state index contributed by atoms with van der Waals surface area (Å²) in [6.45, 7) is 19.5. The van der Waals surface area contributed by atoms with Gasteiger partial charge in [-0.25, -0.2) is 0 Å². The Balaban J connectivity index is 1.58. The van der Waals surface area contributed by atoms with E-state index in [1.54, 1.807) is 0 Å². The molecule has 1 aliphatic carbocycles. The maximum absolute atomic E-state index is 7.10. The van der Waals surface area contributed by atoms with Gasteiger partial charge in [-0.2, -0.15) is 0 Å². The molecule has 5 nitrogen and oxygen atoms in total. The first kappa shape index (κ1) is 26.8. The van der Waals surface area contributed by atoms with Gasteiger partial charge in [0.25, 0.3) is 5.97 Å². The molecule has 0 radical (unpaired) electrons. The molecular weight excluding hydrogens is 534 g/mol. The second-order valence-electron chi connectivity index (χ2n) is 12.5. The number of halogens is 1. The molecule has 5 aliphatic rings. The smallest absolute Gasteiger partial charge is 0.290 e. The third kappa shape index (κ3) is 3.87. The fourth-order valence-electron chi connectivity index (χ4n) is 7.54. The van der Waals surface area contributed by atoms with Crippen molar-refractivity contribution in [1.82, 2.24) is 0 Å². The molecule has 0 amide bonds. The fourth-order valence-corrected chi connectivity index (χ4v) is 13.6. The van der Waals surface area contributed by atoms with Crippen LogP contribution in [0.1, 0.15) is 60.5 Å². The van der Waals surface area contributed by atoms with Crippen LogP contribution >= 0.6 is 15.9 Å². The molecule has 2 bridgehead atoms. The van der Waals surface area contributed by atoms with E-state index >= 15 is 0 Å². The summed E-state index contributed by atoms with van der Waals surface area (Å²) in [6, 6.07) is 8.53. The van der Waals surface area contributed by atoms with E-state index in [0.717, 1.165) is 23.1 Å². The van der Waals surface area contributed by atoms with Crippen molar-refractivity contribution in [2.45, 2.75) is 82.9 Å². The molecule has 198 valence electrons. The van der Waals surface area contributed by atoms with Crippen LogP contribution in [0.4, 0.5) is 0 Å². The Hall–Kier alpha value is -0.833. The molecule has 1 aromatic rings. The maximum atomic E-state index is 7.10.